The third-order valence-electron chi connectivity index (χ3n) is 3.03. The Morgan fingerprint density at radius 1 is 1.69 bits per heavy atom. The minimum absolute atomic E-state index is 0.0510. The van der Waals surface area contributed by atoms with E-state index in [9.17, 15) is 14.8 Å². The molecular formula is C10H17BO4P+. The van der Waals surface area contributed by atoms with Gasteiger partial charge in [0.25, 0.3) is 0 Å². The molecule has 1 fully saturated rings. The summed E-state index contributed by atoms with van der Waals surface area (Å²) < 4.78 is 16.6. The summed E-state index contributed by atoms with van der Waals surface area (Å²) in [7, 11) is 4.29. The molecule has 2 radical (unpaired) electrons. The van der Waals surface area contributed by atoms with E-state index < -0.39 is 31.4 Å². The lowest BCUT2D eigenvalue weighted by Gasteiger charge is -2.26. The predicted molar refractivity (Wildman–Crippen MR) is 63.2 cm³/mol. The fourth-order valence-electron chi connectivity index (χ4n) is 1.70. The van der Waals surface area contributed by atoms with E-state index in [0.717, 1.165) is 0 Å². The van der Waals surface area contributed by atoms with Crippen LogP contribution in [0, 0.1) is 0 Å². The molecule has 0 aromatic heterocycles. The number of rotatable bonds is 4. The first-order chi connectivity index (χ1) is 7.32. The molecule has 1 rings (SSSR count). The molecule has 5 atom stereocenters. The summed E-state index contributed by atoms with van der Waals surface area (Å²) in [5.74, 6) is -0.730. The van der Waals surface area contributed by atoms with Crippen molar-refractivity contribution < 1.29 is 19.5 Å². The normalized spacial score (nSPS) is 40.1. The van der Waals surface area contributed by atoms with E-state index in [2.05, 4.69) is 6.58 Å². The van der Waals surface area contributed by atoms with Crippen LogP contribution in [0.3, 0.4) is 0 Å². The molecule has 0 bridgehead atoms. The molecule has 0 spiro atoms. The lowest BCUT2D eigenvalue weighted by atomic mass is 9.74. The lowest BCUT2D eigenvalue weighted by Crippen LogP contribution is -2.42. The molecule has 2 N–H and O–H groups in total. The first kappa shape index (κ1) is 13.8. The van der Waals surface area contributed by atoms with Crippen molar-refractivity contribution in [1.29, 1.82) is 0 Å². The predicted octanol–water partition coefficient (Wildman–Crippen LogP) is 0.815. The maximum absolute atomic E-state index is 11.2. The Hall–Kier alpha value is -0.215. The van der Waals surface area contributed by atoms with Gasteiger partial charge < -0.3 is 14.9 Å². The second-order valence-electron chi connectivity index (χ2n) is 4.24. The van der Waals surface area contributed by atoms with Crippen molar-refractivity contribution in [3.8, 4) is 0 Å². The van der Waals surface area contributed by atoms with E-state index in [1.54, 1.807) is 6.92 Å². The molecule has 0 amide bonds. The van der Waals surface area contributed by atoms with Gasteiger partial charge in [0, 0.05) is 0 Å². The van der Waals surface area contributed by atoms with Gasteiger partial charge >= 0.3 is 7.80 Å². The summed E-state index contributed by atoms with van der Waals surface area (Å²) in [6.07, 6.45) is -1.30. The number of hydrogen-bond acceptors (Lipinski definition) is 4. The average Bonchev–Trinajstić information content (AvgIpc) is 2.39. The molecule has 0 aromatic rings. The largest absolute Gasteiger partial charge is 0.388 e. The zero-order valence-corrected chi connectivity index (χ0v) is 10.5. The van der Waals surface area contributed by atoms with Crippen molar-refractivity contribution in [3.05, 3.63) is 12.2 Å². The molecule has 5 unspecified atom stereocenters. The molecule has 88 valence electrons. The molecule has 0 aromatic carbocycles. The van der Waals surface area contributed by atoms with Crippen LogP contribution >= 0.6 is 7.80 Å². The Balaban J connectivity index is 2.68. The van der Waals surface area contributed by atoms with E-state index in [1.165, 1.54) is 6.92 Å². The minimum atomic E-state index is -1.44. The summed E-state index contributed by atoms with van der Waals surface area (Å²) >= 11 is 0. The van der Waals surface area contributed by atoms with Gasteiger partial charge in [0.15, 0.2) is 0 Å². The SMILES string of the molecule is [B]C1C(=C)C(OC[P+](=O)CC)C(O)C1(C)O. The number of aliphatic hydroxyl groups is 2. The van der Waals surface area contributed by atoms with Crippen LogP contribution in [0.5, 0.6) is 0 Å². The summed E-state index contributed by atoms with van der Waals surface area (Å²) in [4.78, 5) is 0. The average molecular weight is 243 g/mol. The first-order valence-electron chi connectivity index (χ1n) is 5.20. The third kappa shape index (κ3) is 2.38. The Bertz CT molecular complexity index is 305. The molecule has 1 aliphatic rings. The van der Waals surface area contributed by atoms with Gasteiger partial charge in [0.05, 0.1) is 13.4 Å². The molecule has 4 nitrogen and oxygen atoms in total. The lowest BCUT2D eigenvalue weighted by molar-refractivity contribution is -0.0853. The first-order valence-corrected chi connectivity index (χ1v) is 6.83. The van der Waals surface area contributed by atoms with Crippen molar-refractivity contribution in [2.75, 3.05) is 12.5 Å². The Kier molecular flexibility index (Phi) is 4.30. The van der Waals surface area contributed by atoms with Crippen LogP contribution in [0.25, 0.3) is 0 Å². The molecule has 16 heavy (non-hydrogen) atoms. The second kappa shape index (κ2) is 4.97. The van der Waals surface area contributed by atoms with Crippen molar-refractivity contribution in [1.82, 2.24) is 0 Å². The van der Waals surface area contributed by atoms with Crippen molar-refractivity contribution in [2.45, 2.75) is 37.5 Å². The molecule has 1 aliphatic carbocycles. The zero-order chi connectivity index (χ0) is 12.5. The van der Waals surface area contributed by atoms with Crippen LogP contribution in [0.2, 0.25) is 5.82 Å². The maximum atomic E-state index is 11.2. The van der Waals surface area contributed by atoms with E-state index in [0.29, 0.717) is 11.7 Å². The number of aliphatic hydroxyl groups excluding tert-OH is 1. The highest BCUT2D eigenvalue weighted by molar-refractivity contribution is 7.44. The van der Waals surface area contributed by atoms with Gasteiger partial charge in [-0.2, -0.15) is 0 Å². The monoisotopic (exact) mass is 243 g/mol. The Labute approximate surface area is 97.9 Å². The summed E-state index contributed by atoms with van der Waals surface area (Å²) in [5, 5.41) is 19.7. The maximum Gasteiger partial charge on any atom is 0.366 e. The van der Waals surface area contributed by atoms with Gasteiger partial charge in [0.2, 0.25) is 6.35 Å². The smallest absolute Gasteiger partial charge is 0.366 e. The number of ether oxygens (including phenoxy) is 1. The topological polar surface area (TPSA) is 66.8 Å². The highest BCUT2D eigenvalue weighted by Crippen LogP contribution is 2.43. The fourth-order valence-corrected chi connectivity index (χ4v) is 2.21. The molecule has 0 aliphatic heterocycles. The van der Waals surface area contributed by atoms with Crippen LogP contribution in [0.15, 0.2) is 12.2 Å². The summed E-state index contributed by atoms with van der Waals surface area (Å²) in [5.41, 5.74) is -1.00. The number of hydrogen-bond donors (Lipinski definition) is 2. The van der Waals surface area contributed by atoms with E-state index in [4.69, 9.17) is 12.6 Å². The van der Waals surface area contributed by atoms with Crippen LogP contribution in [0.4, 0.5) is 0 Å². The van der Waals surface area contributed by atoms with Gasteiger partial charge in [-0.25, -0.2) is 0 Å². The van der Waals surface area contributed by atoms with Crippen LogP contribution in [0.1, 0.15) is 13.8 Å². The molecule has 0 saturated heterocycles. The summed E-state index contributed by atoms with van der Waals surface area (Å²) in [6, 6.07) is 0. The quantitative estimate of drug-likeness (QED) is 0.435. The van der Waals surface area contributed by atoms with Crippen LogP contribution in [-0.2, 0) is 9.30 Å². The van der Waals surface area contributed by atoms with Gasteiger partial charge in [0.1, 0.15) is 18.4 Å². The van der Waals surface area contributed by atoms with Gasteiger partial charge in [-0.05, 0) is 25.2 Å². The van der Waals surface area contributed by atoms with Gasteiger partial charge in [-0.15, -0.1) is 0 Å². The van der Waals surface area contributed by atoms with E-state index in [1.807, 2.05) is 0 Å². The molecule has 1 saturated carbocycles. The van der Waals surface area contributed by atoms with E-state index in [-0.39, 0.29) is 6.35 Å². The van der Waals surface area contributed by atoms with E-state index >= 15 is 0 Å². The van der Waals surface area contributed by atoms with Crippen LogP contribution in [-0.4, -0.2) is 48.4 Å². The Morgan fingerprint density at radius 3 is 2.62 bits per heavy atom. The minimum Gasteiger partial charge on any atom is -0.388 e. The van der Waals surface area contributed by atoms with Crippen molar-refractivity contribution in [2.24, 2.45) is 0 Å². The third-order valence-corrected chi connectivity index (χ3v) is 4.17. The van der Waals surface area contributed by atoms with Crippen molar-refractivity contribution in [3.63, 3.8) is 0 Å². The van der Waals surface area contributed by atoms with Gasteiger partial charge in [-0.1, -0.05) is 11.1 Å². The molecular weight excluding hydrogens is 226 g/mol. The highest BCUT2D eigenvalue weighted by Gasteiger charge is 2.51. The zero-order valence-electron chi connectivity index (χ0n) is 9.59. The highest BCUT2D eigenvalue weighted by atomic mass is 31.1. The van der Waals surface area contributed by atoms with Crippen LogP contribution < -0.4 is 0 Å². The molecule has 6 heteroatoms. The standard InChI is InChI=1S/C10H17BO4P/c1-4-16(14)5-15-7-6(2)8(11)10(3,13)9(7)12/h7-9,12-13H,2,4-5H2,1,3H3/q+1. The van der Waals surface area contributed by atoms with Gasteiger partial charge in [-0.3, -0.25) is 0 Å². The van der Waals surface area contributed by atoms with Crippen molar-refractivity contribution >= 4 is 15.6 Å². The summed E-state index contributed by atoms with van der Waals surface area (Å²) in [6.45, 7) is 6.94. The Morgan fingerprint density at radius 2 is 2.25 bits per heavy atom. The second-order valence-corrected chi connectivity index (χ2v) is 6.09. The molecule has 0 heterocycles. The fraction of sp³-hybridized carbons (Fsp3) is 0.800.